The van der Waals surface area contributed by atoms with Gasteiger partial charge in [0.05, 0.1) is 0 Å². The van der Waals surface area contributed by atoms with Gasteiger partial charge in [-0.15, -0.1) is 0 Å². The first-order valence-electron chi connectivity index (χ1n) is 5.48. The fourth-order valence-electron chi connectivity index (χ4n) is 3.40. The van der Waals surface area contributed by atoms with Crippen molar-refractivity contribution in [2.45, 2.75) is 27.2 Å². The highest BCUT2D eigenvalue weighted by Gasteiger charge is 2.44. The van der Waals surface area contributed by atoms with Crippen molar-refractivity contribution in [3.63, 3.8) is 0 Å². The van der Waals surface area contributed by atoms with E-state index in [-0.39, 0.29) is 0 Å². The molecule has 0 aliphatic carbocycles. The summed E-state index contributed by atoms with van der Waals surface area (Å²) in [5, 5.41) is 3.59. The Morgan fingerprint density at radius 1 is 1.15 bits per heavy atom. The van der Waals surface area contributed by atoms with Gasteiger partial charge in [-0.25, -0.2) is 0 Å². The number of piperidine rings is 2. The minimum absolute atomic E-state index is 0.529. The number of hydrogen-bond donors (Lipinski definition) is 1. The van der Waals surface area contributed by atoms with Crippen molar-refractivity contribution >= 4 is 0 Å². The second-order valence-corrected chi connectivity index (χ2v) is 5.70. The molecule has 2 aliphatic rings. The molecule has 0 saturated carbocycles. The second kappa shape index (κ2) is 2.96. The van der Waals surface area contributed by atoms with Crippen molar-refractivity contribution in [2.75, 3.05) is 32.7 Å². The van der Waals surface area contributed by atoms with Gasteiger partial charge in [0.15, 0.2) is 0 Å². The largest absolute Gasteiger partial charge is 0.316 e. The van der Waals surface area contributed by atoms with Crippen molar-refractivity contribution in [3.05, 3.63) is 0 Å². The highest BCUT2D eigenvalue weighted by Crippen LogP contribution is 2.42. The summed E-state index contributed by atoms with van der Waals surface area (Å²) < 4.78 is 0. The third kappa shape index (κ3) is 1.75. The Balaban J connectivity index is 2.15. The van der Waals surface area contributed by atoms with E-state index in [1.807, 2.05) is 0 Å². The zero-order chi connectivity index (χ0) is 9.53. The normalized spacial score (nSPS) is 46.4. The van der Waals surface area contributed by atoms with E-state index < -0.39 is 0 Å². The minimum atomic E-state index is 0.529. The summed E-state index contributed by atoms with van der Waals surface area (Å²) in [4.78, 5) is 2.62. The van der Waals surface area contributed by atoms with Gasteiger partial charge in [0, 0.05) is 26.2 Å². The Kier molecular flexibility index (Phi) is 2.16. The van der Waals surface area contributed by atoms with E-state index in [0.717, 1.165) is 0 Å². The summed E-state index contributed by atoms with van der Waals surface area (Å²) in [6.07, 6.45) is 1.41. The van der Waals surface area contributed by atoms with Crippen LogP contribution < -0.4 is 5.32 Å². The molecule has 2 fully saturated rings. The molecule has 0 aromatic rings. The Bertz CT molecular complexity index is 186. The quantitative estimate of drug-likeness (QED) is 0.658. The lowest BCUT2D eigenvalue weighted by molar-refractivity contribution is -0.0174. The highest BCUT2D eigenvalue weighted by molar-refractivity contribution is 4.99. The van der Waals surface area contributed by atoms with Crippen LogP contribution in [0.15, 0.2) is 0 Å². The molecule has 13 heavy (non-hydrogen) atoms. The van der Waals surface area contributed by atoms with Gasteiger partial charge in [-0.2, -0.15) is 0 Å². The molecular formula is C11H22N2. The van der Waals surface area contributed by atoms with Crippen molar-refractivity contribution in [1.29, 1.82) is 0 Å². The molecule has 2 heterocycles. The molecule has 0 unspecified atom stereocenters. The van der Waals surface area contributed by atoms with Crippen LogP contribution in [0.2, 0.25) is 0 Å². The molecule has 0 radical (unpaired) electrons. The van der Waals surface area contributed by atoms with Gasteiger partial charge >= 0.3 is 0 Å². The third-order valence-corrected chi connectivity index (χ3v) is 3.61. The first-order valence-corrected chi connectivity index (χ1v) is 5.48. The molecule has 0 aromatic heterocycles. The van der Waals surface area contributed by atoms with Gasteiger partial charge in [0.25, 0.3) is 0 Å². The number of hydrogen-bond acceptors (Lipinski definition) is 2. The molecule has 2 atom stereocenters. The van der Waals surface area contributed by atoms with E-state index in [4.69, 9.17) is 0 Å². The van der Waals surface area contributed by atoms with Gasteiger partial charge < -0.3 is 10.2 Å². The molecule has 76 valence electrons. The number of fused-ring (bicyclic) bond motifs is 2. The Morgan fingerprint density at radius 3 is 2.15 bits per heavy atom. The lowest BCUT2D eigenvalue weighted by Gasteiger charge is -2.53. The van der Waals surface area contributed by atoms with Gasteiger partial charge in [-0.1, -0.05) is 20.8 Å². The molecule has 0 amide bonds. The fraction of sp³-hybridized carbons (Fsp3) is 1.00. The zero-order valence-corrected chi connectivity index (χ0v) is 9.19. The van der Waals surface area contributed by atoms with Crippen LogP contribution in [0, 0.1) is 10.8 Å². The maximum atomic E-state index is 3.59. The van der Waals surface area contributed by atoms with E-state index in [9.17, 15) is 0 Å². The lowest BCUT2D eigenvalue weighted by Crippen LogP contribution is -2.61. The maximum absolute atomic E-state index is 3.59. The summed E-state index contributed by atoms with van der Waals surface area (Å²) in [6, 6.07) is 0. The average Bonchev–Trinajstić information content (AvgIpc) is 2.00. The molecule has 2 nitrogen and oxygen atoms in total. The monoisotopic (exact) mass is 182 g/mol. The van der Waals surface area contributed by atoms with E-state index in [1.54, 1.807) is 0 Å². The van der Waals surface area contributed by atoms with Gasteiger partial charge in [0.1, 0.15) is 0 Å². The molecule has 0 spiro atoms. The molecule has 2 bridgehead atoms. The van der Waals surface area contributed by atoms with Gasteiger partial charge in [-0.05, 0) is 23.8 Å². The van der Waals surface area contributed by atoms with Crippen LogP contribution in [0.5, 0.6) is 0 Å². The topological polar surface area (TPSA) is 15.3 Å². The number of nitrogens with one attached hydrogen (secondary N) is 1. The van der Waals surface area contributed by atoms with Crippen LogP contribution >= 0.6 is 0 Å². The van der Waals surface area contributed by atoms with Crippen molar-refractivity contribution in [1.82, 2.24) is 10.2 Å². The van der Waals surface area contributed by atoms with E-state index in [0.29, 0.717) is 10.8 Å². The summed E-state index contributed by atoms with van der Waals surface area (Å²) >= 11 is 0. The van der Waals surface area contributed by atoms with Crippen LogP contribution in [-0.2, 0) is 0 Å². The van der Waals surface area contributed by atoms with Crippen molar-refractivity contribution in [2.24, 2.45) is 10.8 Å². The summed E-state index contributed by atoms with van der Waals surface area (Å²) in [5.41, 5.74) is 1.06. The molecule has 2 heteroatoms. The lowest BCUT2D eigenvalue weighted by atomic mass is 9.66. The zero-order valence-electron chi connectivity index (χ0n) is 9.19. The van der Waals surface area contributed by atoms with E-state index in [1.165, 1.54) is 39.1 Å². The molecule has 1 N–H and O–H groups in total. The SMILES string of the molecule is CCN1C[C@@]2(C)CNC[C@](C)(C1)C2. The van der Waals surface area contributed by atoms with Crippen molar-refractivity contribution in [3.8, 4) is 0 Å². The highest BCUT2D eigenvalue weighted by atomic mass is 15.2. The standard InChI is InChI=1S/C11H22N2/c1-4-13-8-10(2)5-11(3,9-13)7-12-6-10/h12H,4-9H2,1-3H3/t10-,11-/m1/s1. The summed E-state index contributed by atoms with van der Waals surface area (Å²) in [7, 11) is 0. The molecular weight excluding hydrogens is 160 g/mol. The summed E-state index contributed by atoms with van der Waals surface area (Å²) in [5.74, 6) is 0. The average molecular weight is 182 g/mol. The summed E-state index contributed by atoms with van der Waals surface area (Å²) in [6.45, 7) is 13.3. The van der Waals surface area contributed by atoms with Gasteiger partial charge in [-0.3, -0.25) is 0 Å². The van der Waals surface area contributed by atoms with Gasteiger partial charge in [0.2, 0.25) is 0 Å². The first-order chi connectivity index (χ1) is 6.05. The Hall–Kier alpha value is -0.0800. The van der Waals surface area contributed by atoms with Crippen LogP contribution in [0.25, 0.3) is 0 Å². The number of likely N-dealkylation sites (tertiary alicyclic amines) is 1. The molecule has 2 aliphatic heterocycles. The van der Waals surface area contributed by atoms with Crippen molar-refractivity contribution < 1.29 is 0 Å². The third-order valence-electron chi connectivity index (χ3n) is 3.61. The van der Waals surface area contributed by atoms with Crippen LogP contribution in [-0.4, -0.2) is 37.6 Å². The predicted molar refractivity (Wildman–Crippen MR) is 55.8 cm³/mol. The minimum Gasteiger partial charge on any atom is -0.316 e. The van der Waals surface area contributed by atoms with E-state index in [2.05, 4.69) is 31.0 Å². The second-order valence-electron chi connectivity index (χ2n) is 5.70. The smallest absolute Gasteiger partial charge is 0.00478 e. The molecule has 2 rings (SSSR count). The van der Waals surface area contributed by atoms with E-state index >= 15 is 0 Å². The maximum Gasteiger partial charge on any atom is 0.00478 e. The number of rotatable bonds is 1. The van der Waals surface area contributed by atoms with Crippen LogP contribution in [0.1, 0.15) is 27.2 Å². The first kappa shape index (κ1) is 9.47. The Labute approximate surface area is 81.7 Å². The van der Waals surface area contributed by atoms with Crippen LogP contribution in [0.3, 0.4) is 0 Å². The predicted octanol–water partition coefficient (Wildman–Crippen LogP) is 1.33. The van der Waals surface area contributed by atoms with Crippen LogP contribution in [0.4, 0.5) is 0 Å². The molecule has 2 saturated heterocycles. The molecule has 0 aromatic carbocycles. The number of nitrogens with zero attached hydrogens (tertiary/aromatic N) is 1. The fourth-order valence-corrected chi connectivity index (χ4v) is 3.40. The Morgan fingerprint density at radius 2 is 1.69 bits per heavy atom.